The van der Waals surface area contributed by atoms with Crippen LogP contribution in [0, 0.1) is 0 Å². The van der Waals surface area contributed by atoms with E-state index in [0.29, 0.717) is 54.5 Å². The number of nitrogens with one attached hydrogen (secondary N) is 2. The second kappa shape index (κ2) is 15.9. The van der Waals surface area contributed by atoms with Gasteiger partial charge < -0.3 is 24.4 Å². The number of piperidine rings is 1. The van der Waals surface area contributed by atoms with Crippen molar-refractivity contribution in [1.82, 2.24) is 25.1 Å². The molecule has 0 spiro atoms. The number of hydrogen-bond donors (Lipinski definition) is 2. The number of ether oxygens (including phenoxy) is 1. The van der Waals surface area contributed by atoms with Crippen LogP contribution in [0.5, 0.6) is 5.75 Å². The summed E-state index contributed by atoms with van der Waals surface area (Å²) >= 11 is 6.55. The van der Waals surface area contributed by atoms with Crippen LogP contribution in [0.25, 0.3) is 0 Å². The van der Waals surface area contributed by atoms with Crippen molar-refractivity contribution >= 4 is 53.1 Å². The number of halogens is 1. The molecule has 2 N–H and O–H groups in total. The summed E-state index contributed by atoms with van der Waals surface area (Å²) in [4.78, 5) is 53.0. The number of benzene rings is 3. The van der Waals surface area contributed by atoms with Crippen molar-refractivity contribution < 1.29 is 23.7 Å². The second-order valence-electron chi connectivity index (χ2n) is 14.4. The zero-order chi connectivity index (χ0) is 38.0. The maximum atomic E-state index is 13.2. The predicted octanol–water partition coefficient (Wildman–Crippen LogP) is 4.56. The summed E-state index contributed by atoms with van der Waals surface area (Å²) < 4.78 is 18.8. The Balaban J connectivity index is 0.929. The maximum Gasteiger partial charge on any atom is 0.255 e. The number of methoxy groups -OCH3 is 1. The SMILES string of the molecule is COc1cc(N2CCN(CCNc3cccc4c3CN(C3CCC(=O)NC3=O)C4=O)CC2)ccc1Cc1ncc(Cl)c(Cc2ccccc2P(C)(C)=O)n1. The molecule has 282 valence electrons. The number of aromatic nitrogens is 2. The van der Waals surface area contributed by atoms with Gasteiger partial charge in [0, 0.05) is 111 Å². The highest BCUT2D eigenvalue weighted by Gasteiger charge is 2.39. The van der Waals surface area contributed by atoms with E-state index in [9.17, 15) is 18.9 Å². The molecule has 3 aliphatic rings. The quantitative estimate of drug-likeness (QED) is 0.156. The van der Waals surface area contributed by atoms with Crippen molar-refractivity contribution in [3.8, 4) is 5.75 Å². The molecular formula is C40H45ClN7O5P. The van der Waals surface area contributed by atoms with E-state index in [2.05, 4.69) is 43.6 Å². The van der Waals surface area contributed by atoms with E-state index in [0.717, 1.165) is 71.8 Å². The Morgan fingerprint density at radius 2 is 1.78 bits per heavy atom. The van der Waals surface area contributed by atoms with Crippen LogP contribution in [0.2, 0.25) is 5.02 Å². The molecular weight excluding hydrogens is 725 g/mol. The molecule has 7 rings (SSSR count). The molecule has 3 aromatic carbocycles. The predicted molar refractivity (Wildman–Crippen MR) is 211 cm³/mol. The van der Waals surface area contributed by atoms with Gasteiger partial charge in [-0.25, -0.2) is 9.97 Å². The van der Waals surface area contributed by atoms with Gasteiger partial charge in [-0.3, -0.25) is 24.6 Å². The van der Waals surface area contributed by atoms with Crippen molar-refractivity contribution in [3.05, 3.63) is 106 Å². The molecule has 2 saturated heterocycles. The molecule has 0 aliphatic carbocycles. The summed E-state index contributed by atoms with van der Waals surface area (Å²) in [6, 6.07) is 19.0. The zero-order valence-electron chi connectivity index (χ0n) is 30.8. The number of carbonyl (C=O) groups excluding carboxylic acids is 3. The highest BCUT2D eigenvalue weighted by atomic mass is 35.5. The first-order chi connectivity index (χ1) is 26.0. The van der Waals surface area contributed by atoms with Gasteiger partial charge in [-0.15, -0.1) is 0 Å². The summed E-state index contributed by atoms with van der Waals surface area (Å²) in [5, 5.41) is 7.21. The lowest BCUT2D eigenvalue weighted by molar-refractivity contribution is -0.136. The van der Waals surface area contributed by atoms with Crippen LogP contribution < -0.4 is 25.6 Å². The van der Waals surface area contributed by atoms with Gasteiger partial charge in [-0.05, 0) is 43.5 Å². The molecule has 2 fully saturated rings. The average Bonchev–Trinajstić information content (AvgIpc) is 3.49. The van der Waals surface area contributed by atoms with Crippen LogP contribution in [-0.2, 0) is 33.5 Å². The molecule has 1 unspecified atom stereocenters. The van der Waals surface area contributed by atoms with Crippen molar-refractivity contribution in [2.24, 2.45) is 0 Å². The van der Waals surface area contributed by atoms with Crippen LogP contribution in [0.15, 0.2) is 66.9 Å². The third-order valence-corrected chi connectivity index (χ3v) is 12.4. The molecule has 12 nitrogen and oxygen atoms in total. The van der Waals surface area contributed by atoms with E-state index in [1.54, 1.807) is 37.6 Å². The fraction of sp³-hybridized carbons (Fsp3) is 0.375. The number of hydrogen-bond acceptors (Lipinski definition) is 10. The Labute approximate surface area is 320 Å². The van der Waals surface area contributed by atoms with Gasteiger partial charge in [0.2, 0.25) is 11.8 Å². The van der Waals surface area contributed by atoms with Crippen molar-refractivity contribution in [2.75, 3.05) is 69.9 Å². The minimum Gasteiger partial charge on any atom is -0.496 e. The van der Waals surface area contributed by atoms with E-state index in [-0.39, 0.29) is 18.2 Å². The molecule has 4 aromatic rings. The minimum absolute atomic E-state index is 0.170. The van der Waals surface area contributed by atoms with E-state index >= 15 is 0 Å². The van der Waals surface area contributed by atoms with Crippen LogP contribution in [0.3, 0.4) is 0 Å². The van der Waals surface area contributed by atoms with E-state index < -0.39 is 19.1 Å². The van der Waals surface area contributed by atoms with Crippen molar-refractivity contribution in [1.29, 1.82) is 0 Å². The topological polar surface area (TPSA) is 137 Å². The number of carbonyl (C=O) groups is 3. The fourth-order valence-electron chi connectivity index (χ4n) is 7.59. The van der Waals surface area contributed by atoms with Crippen molar-refractivity contribution in [2.45, 2.75) is 38.3 Å². The Morgan fingerprint density at radius 3 is 2.54 bits per heavy atom. The van der Waals surface area contributed by atoms with Crippen LogP contribution >= 0.6 is 18.7 Å². The van der Waals surface area contributed by atoms with E-state index in [1.165, 1.54) is 0 Å². The minimum atomic E-state index is -2.47. The Kier molecular flexibility index (Phi) is 11.1. The highest BCUT2D eigenvalue weighted by molar-refractivity contribution is 7.70. The van der Waals surface area contributed by atoms with E-state index in [4.69, 9.17) is 21.3 Å². The van der Waals surface area contributed by atoms with Gasteiger partial charge >= 0.3 is 0 Å². The molecule has 3 amide bonds. The summed E-state index contributed by atoms with van der Waals surface area (Å²) in [6.45, 7) is 8.98. The number of fused-ring (bicyclic) bond motifs is 1. The van der Waals surface area contributed by atoms with E-state index in [1.807, 2.05) is 36.4 Å². The van der Waals surface area contributed by atoms with Gasteiger partial charge in [0.15, 0.2) is 0 Å². The number of imide groups is 1. The first-order valence-electron chi connectivity index (χ1n) is 18.3. The summed E-state index contributed by atoms with van der Waals surface area (Å²) in [5.41, 5.74) is 6.12. The molecule has 0 radical (unpaired) electrons. The molecule has 54 heavy (non-hydrogen) atoms. The molecule has 3 aliphatic heterocycles. The fourth-order valence-corrected chi connectivity index (χ4v) is 9.04. The van der Waals surface area contributed by atoms with Crippen LogP contribution in [-0.4, -0.2) is 103 Å². The van der Waals surface area contributed by atoms with Crippen LogP contribution in [0.1, 0.15) is 51.4 Å². The third kappa shape index (κ3) is 8.16. The molecule has 4 heterocycles. The average molecular weight is 770 g/mol. The molecule has 1 atom stereocenters. The second-order valence-corrected chi connectivity index (χ2v) is 18.0. The lowest BCUT2D eigenvalue weighted by Gasteiger charge is -2.36. The first kappa shape index (κ1) is 37.5. The summed E-state index contributed by atoms with van der Waals surface area (Å²) in [7, 11) is -0.797. The standard InChI is InChI=1S/C40H45ClN7O5P/c1-53-35-23-28(12-11-26(35)22-37-43-24-31(41)33(44-37)21-27-7-4-5-10-36(27)54(2,3)52)47-19-17-46(18-20-47)16-15-42-32-9-6-8-29-30(32)25-48(40(29)51)34-13-14-38(49)45-39(34)50/h4-12,23-24,34,42H,13-22,25H2,1-3H3,(H,45,49,50). The van der Waals surface area contributed by atoms with Crippen LogP contribution in [0.4, 0.5) is 11.4 Å². The summed E-state index contributed by atoms with van der Waals surface area (Å²) in [5.74, 6) is 0.539. The number of nitrogens with zero attached hydrogens (tertiary/aromatic N) is 5. The zero-order valence-corrected chi connectivity index (χ0v) is 32.5. The van der Waals surface area contributed by atoms with Gasteiger partial charge in [-0.1, -0.05) is 48.0 Å². The molecule has 0 bridgehead atoms. The smallest absolute Gasteiger partial charge is 0.255 e. The monoisotopic (exact) mass is 769 g/mol. The van der Waals surface area contributed by atoms with Gasteiger partial charge in [-0.2, -0.15) is 0 Å². The Morgan fingerprint density at radius 1 is 0.981 bits per heavy atom. The van der Waals surface area contributed by atoms with Gasteiger partial charge in [0.05, 0.1) is 17.8 Å². The van der Waals surface area contributed by atoms with Crippen molar-refractivity contribution in [3.63, 3.8) is 0 Å². The van der Waals surface area contributed by atoms with Gasteiger partial charge in [0.1, 0.15) is 24.8 Å². The highest BCUT2D eigenvalue weighted by Crippen LogP contribution is 2.37. The number of amides is 3. The number of piperazine rings is 1. The third-order valence-electron chi connectivity index (χ3n) is 10.5. The largest absolute Gasteiger partial charge is 0.496 e. The maximum absolute atomic E-state index is 13.2. The molecule has 0 saturated carbocycles. The number of anilines is 2. The lowest BCUT2D eigenvalue weighted by atomic mass is 10.0. The Bertz CT molecular complexity index is 2130. The normalized spacial score (nSPS) is 17.8. The number of rotatable bonds is 12. The summed E-state index contributed by atoms with van der Waals surface area (Å²) in [6.07, 6.45) is 3.16. The lowest BCUT2D eigenvalue weighted by Crippen LogP contribution is -2.52. The molecule has 14 heteroatoms. The molecule has 1 aromatic heterocycles. The Hall–Kier alpha value is -4.77. The van der Waals surface area contributed by atoms with Gasteiger partial charge in [0.25, 0.3) is 5.91 Å². The first-order valence-corrected chi connectivity index (χ1v) is 21.2.